The third-order valence-electron chi connectivity index (χ3n) is 5.97. The minimum absolute atomic E-state index is 0.0116. The minimum Gasteiger partial charge on any atom is -0.347 e. The predicted octanol–water partition coefficient (Wildman–Crippen LogP) is 5.29. The fourth-order valence-corrected chi connectivity index (χ4v) is 5.04. The van der Waals surface area contributed by atoms with Gasteiger partial charge in [-0.3, -0.25) is 9.69 Å². The van der Waals surface area contributed by atoms with Crippen LogP contribution in [0.15, 0.2) is 60.0 Å². The van der Waals surface area contributed by atoms with Crippen molar-refractivity contribution in [2.24, 2.45) is 5.92 Å². The monoisotopic (exact) mass is 500 g/mol. The Bertz CT molecular complexity index is 1160. The number of hydrogen-bond donors (Lipinski definition) is 3. The van der Waals surface area contributed by atoms with E-state index in [9.17, 15) is 14.0 Å². The summed E-state index contributed by atoms with van der Waals surface area (Å²) in [4.78, 5) is 28.2. The van der Waals surface area contributed by atoms with Gasteiger partial charge in [0.2, 0.25) is 0 Å². The number of benzene rings is 2. The molecule has 2 heterocycles. The van der Waals surface area contributed by atoms with Crippen LogP contribution >= 0.6 is 22.9 Å². The topological polar surface area (TPSA) is 73.5 Å². The molecule has 0 bridgehead atoms. The normalized spacial score (nSPS) is 18.0. The highest BCUT2D eigenvalue weighted by Crippen LogP contribution is 2.36. The molecule has 2 aromatic carbocycles. The van der Waals surface area contributed by atoms with Crippen LogP contribution in [0.3, 0.4) is 0 Å². The van der Waals surface area contributed by atoms with Crippen molar-refractivity contribution < 1.29 is 14.0 Å². The van der Waals surface area contributed by atoms with E-state index >= 15 is 0 Å². The quantitative estimate of drug-likeness (QED) is 0.413. The van der Waals surface area contributed by atoms with E-state index in [0.29, 0.717) is 24.3 Å². The van der Waals surface area contributed by atoms with Gasteiger partial charge in [-0.15, -0.1) is 11.3 Å². The number of carbonyl (C=O) groups excluding carboxylic acids is 2. The van der Waals surface area contributed by atoms with Gasteiger partial charge in [0.1, 0.15) is 5.82 Å². The summed E-state index contributed by atoms with van der Waals surface area (Å²) in [5.41, 5.74) is 1.84. The van der Waals surface area contributed by atoms with Crippen LogP contribution in [0.4, 0.5) is 14.9 Å². The number of rotatable bonds is 7. The second kappa shape index (κ2) is 11.0. The van der Waals surface area contributed by atoms with E-state index in [1.54, 1.807) is 41.7 Å². The first kappa shape index (κ1) is 24.2. The van der Waals surface area contributed by atoms with Gasteiger partial charge >= 0.3 is 6.03 Å². The summed E-state index contributed by atoms with van der Waals surface area (Å²) in [5.74, 6) is -0.515. The average Bonchev–Trinajstić information content (AvgIpc) is 3.48. The number of urea groups is 1. The molecule has 0 saturated carbocycles. The first-order chi connectivity index (χ1) is 16.4. The summed E-state index contributed by atoms with van der Waals surface area (Å²) in [6.07, 6.45) is 0.881. The highest BCUT2D eigenvalue weighted by molar-refractivity contribution is 7.09. The molecule has 9 heteroatoms. The van der Waals surface area contributed by atoms with Gasteiger partial charge in [0.05, 0.1) is 11.6 Å². The molecule has 0 spiro atoms. The maximum absolute atomic E-state index is 14.0. The SMILES string of the molecule is CN1CCC(CNC(=O)Nc2cccc(C(=O)NCc3cccs3)c2)C1c1ccc(Cl)c(F)c1. The second-order valence-corrected chi connectivity index (χ2v) is 9.77. The lowest BCUT2D eigenvalue weighted by Crippen LogP contribution is -2.35. The molecule has 3 N–H and O–H groups in total. The van der Waals surface area contributed by atoms with Crippen LogP contribution in [0.25, 0.3) is 0 Å². The summed E-state index contributed by atoms with van der Waals surface area (Å²) in [6.45, 7) is 1.75. The number of amides is 3. The zero-order valence-corrected chi connectivity index (χ0v) is 20.3. The number of nitrogens with one attached hydrogen (secondary N) is 3. The van der Waals surface area contributed by atoms with Gasteiger partial charge in [-0.1, -0.05) is 29.8 Å². The molecule has 1 fully saturated rings. The molecule has 178 valence electrons. The molecule has 0 radical (unpaired) electrons. The van der Waals surface area contributed by atoms with Gasteiger partial charge in [0, 0.05) is 28.7 Å². The molecule has 3 aromatic rings. The molecule has 2 unspecified atom stereocenters. The van der Waals surface area contributed by atoms with Crippen molar-refractivity contribution in [3.63, 3.8) is 0 Å². The Morgan fingerprint density at radius 3 is 2.76 bits per heavy atom. The van der Waals surface area contributed by atoms with Crippen molar-refractivity contribution >= 4 is 40.6 Å². The largest absolute Gasteiger partial charge is 0.347 e. The van der Waals surface area contributed by atoms with Crippen molar-refractivity contribution in [2.45, 2.75) is 19.0 Å². The van der Waals surface area contributed by atoms with Crippen molar-refractivity contribution in [2.75, 3.05) is 25.5 Å². The predicted molar refractivity (Wildman–Crippen MR) is 134 cm³/mol. The molecule has 3 amide bonds. The van der Waals surface area contributed by atoms with Crippen LogP contribution in [0.2, 0.25) is 5.02 Å². The Balaban J connectivity index is 1.32. The number of anilines is 1. The Kier molecular flexibility index (Phi) is 7.82. The molecule has 1 saturated heterocycles. The summed E-state index contributed by atoms with van der Waals surface area (Å²) in [5, 5.41) is 10.7. The summed E-state index contributed by atoms with van der Waals surface area (Å²) < 4.78 is 14.0. The van der Waals surface area contributed by atoms with Crippen LogP contribution in [0.5, 0.6) is 0 Å². The first-order valence-electron chi connectivity index (χ1n) is 11.0. The maximum atomic E-state index is 14.0. The molecule has 34 heavy (non-hydrogen) atoms. The van der Waals surface area contributed by atoms with Gasteiger partial charge in [-0.05, 0) is 73.3 Å². The van der Waals surface area contributed by atoms with E-state index in [4.69, 9.17) is 11.6 Å². The van der Waals surface area contributed by atoms with Gasteiger partial charge < -0.3 is 16.0 Å². The number of carbonyl (C=O) groups is 2. The van der Waals surface area contributed by atoms with Crippen molar-refractivity contribution in [3.05, 3.63) is 86.8 Å². The standard InChI is InChI=1S/C25H26ClFN4O2S/c1-31-10-9-18(23(31)16-7-8-21(26)22(27)13-16)14-29-25(33)30-19-5-2-4-17(12-19)24(32)28-15-20-6-3-11-34-20/h2-8,11-13,18,23H,9-10,14-15H2,1H3,(H,28,32)(H2,29,30,33). The fourth-order valence-electron chi connectivity index (χ4n) is 4.28. The zero-order chi connectivity index (χ0) is 24.1. The van der Waals surface area contributed by atoms with E-state index in [1.807, 2.05) is 30.6 Å². The van der Waals surface area contributed by atoms with Crippen LogP contribution in [-0.4, -0.2) is 37.0 Å². The highest BCUT2D eigenvalue weighted by Gasteiger charge is 2.33. The minimum atomic E-state index is -0.441. The third-order valence-corrected chi connectivity index (χ3v) is 7.15. The van der Waals surface area contributed by atoms with E-state index in [1.165, 1.54) is 6.07 Å². The lowest BCUT2D eigenvalue weighted by molar-refractivity contribution is 0.0951. The van der Waals surface area contributed by atoms with Crippen LogP contribution in [0.1, 0.15) is 33.3 Å². The van der Waals surface area contributed by atoms with Crippen molar-refractivity contribution in [3.8, 4) is 0 Å². The Morgan fingerprint density at radius 1 is 1.15 bits per heavy atom. The molecule has 0 aliphatic carbocycles. The zero-order valence-electron chi connectivity index (χ0n) is 18.7. The lowest BCUT2D eigenvalue weighted by Gasteiger charge is -2.26. The van der Waals surface area contributed by atoms with E-state index in [-0.39, 0.29) is 28.9 Å². The van der Waals surface area contributed by atoms with Crippen molar-refractivity contribution in [1.82, 2.24) is 15.5 Å². The molecule has 1 aromatic heterocycles. The van der Waals surface area contributed by atoms with Gasteiger partial charge in [-0.25, -0.2) is 9.18 Å². The second-order valence-electron chi connectivity index (χ2n) is 8.33. The summed E-state index contributed by atoms with van der Waals surface area (Å²) in [6, 6.07) is 15.2. The maximum Gasteiger partial charge on any atom is 0.319 e. The molecule has 1 aliphatic heterocycles. The van der Waals surface area contributed by atoms with E-state index in [2.05, 4.69) is 20.9 Å². The molecular weight excluding hydrogens is 475 g/mol. The van der Waals surface area contributed by atoms with Crippen LogP contribution in [0, 0.1) is 11.7 Å². The van der Waals surface area contributed by atoms with Gasteiger partial charge in [0.25, 0.3) is 5.91 Å². The third kappa shape index (κ3) is 5.94. The lowest BCUT2D eigenvalue weighted by atomic mass is 9.93. The van der Waals surface area contributed by atoms with Gasteiger partial charge in [0.15, 0.2) is 0 Å². The number of nitrogens with zero attached hydrogens (tertiary/aromatic N) is 1. The molecule has 2 atom stereocenters. The molecular formula is C25H26ClFN4O2S. The van der Waals surface area contributed by atoms with Crippen LogP contribution < -0.4 is 16.0 Å². The summed E-state index contributed by atoms with van der Waals surface area (Å²) in [7, 11) is 1.99. The number of halogens is 2. The average molecular weight is 501 g/mol. The van der Waals surface area contributed by atoms with Gasteiger partial charge in [-0.2, -0.15) is 0 Å². The molecule has 1 aliphatic rings. The number of hydrogen-bond acceptors (Lipinski definition) is 4. The highest BCUT2D eigenvalue weighted by atomic mass is 35.5. The van der Waals surface area contributed by atoms with E-state index < -0.39 is 5.82 Å². The molecule has 6 nitrogen and oxygen atoms in total. The Hall–Kier alpha value is -2.94. The number of thiophene rings is 1. The smallest absolute Gasteiger partial charge is 0.319 e. The van der Waals surface area contributed by atoms with Crippen molar-refractivity contribution in [1.29, 1.82) is 0 Å². The first-order valence-corrected chi connectivity index (χ1v) is 12.3. The molecule has 4 rings (SSSR count). The fraction of sp³-hybridized carbons (Fsp3) is 0.280. The van der Waals surface area contributed by atoms with E-state index in [0.717, 1.165) is 23.4 Å². The Labute approximate surface area is 207 Å². The summed E-state index contributed by atoms with van der Waals surface area (Å²) >= 11 is 7.41. The van der Waals surface area contributed by atoms with Crippen LogP contribution in [-0.2, 0) is 6.54 Å². The number of likely N-dealkylation sites (tertiary alicyclic amines) is 1. The Morgan fingerprint density at radius 2 is 2.00 bits per heavy atom.